The van der Waals surface area contributed by atoms with Gasteiger partial charge in [-0.25, -0.2) is 0 Å². The molecule has 0 radical (unpaired) electrons. The molecule has 0 atom stereocenters. The van der Waals surface area contributed by atoms with Crippen LogP contribution >= 0.6 is 0 Å². The molecule has 0 bridgehead atoms. The van der Waals surface area contributed by atoms with Crippen LogP contribution in [-0.4, -0.2) is 0 Å². The maximum absolute atomic E-state index is 3.41. The lowest BCUT2D eigenvalue weighted by Gasteiger charge is -2.27. The maximum atomic E-state index is 3.41. The van der Waals surface area contributed by atoms with E-state index in [1.807, 2.05) is 13.8 Å². The second kappa shape index (κ2) is 10.5. The molecule has 0 aliphatic heterocycles. The first-order chi connectivity index (χ1) is 14.7. The third kappa shape index (κ3) is 5.65. The number of aryl methyl sites for hydroxylation is 2. The van der Waals surface area contributed by atoms with Crippen molar-refractivity contribution in [2.24, 2.45) is 0 Å². The molecule has 1 aliphatic rings. The third-order valence-corrected chi connectivity index (χ3v) is 5.39. The van der Waals surface area contributed by atoms with E-state index in [4.69, 9.17) is 0 Å². The van der Waals surface area contributed by atoms with Crippen LogP contribution in [0.25, 0.3) is 0 Å². The van der Waals surface area contributed by atoms with Gasteiger partial charge in [0.15, 0.2) is 0 Å². The fraction of sp³-hybridized carbons (Fsp3) is 0.267. The Morgan fingerprint density at radius 1 is 0.600 bits per heavy atom. The minimum atomic E-state index is 0.628. The molecular weight excluding hydrogens is 360 g/mol. The van der Waals surface area contributed by atoms with Crippen molar-refractivity contribution in [3.63, 3.8) is 0 Å². The zero-order valence-electron chi connectivity index (χ0n) is 18.5. The van der Waals surface area contributed by atoms with Crippen molar-refractivity contribution < 1.29 is 0 Å². The van der Waals surface area contributed by atoms with E-state index in [9.17, 15) is 0 Å². The largest absolute Gasteiger partial charge is 0.0683 e. The molecule has 0 heterocycles. The Kier molecular flexibility index (Phi) is 7.54. The number of hydrogen-bond donors (Lipinski definition) is 0. The zero-order valence-corrected chi connectivity index (χ0v) is 18.5. The summed E-state index contributed by atoms with van der Waals surface area (Å²) in [5.74, 6) is 14.0. The molecule has 0 unspecified atom stereocenters. The van der Waals surface area contributed by atoms with Crippen molar-refractivity contribution >= 4 is 0 Å². The van der Waals surface area contributed by atoms with Crippen molar-refractivity contribution in [3.8, 4) is 23.7 Å². The Balaban J connectivity index is 0.00000124. The second-order valence-electron chi connectivity index (χ2n) is 7.66. The quantitative estimate of drug-likeness (QED) is 0.380. The molecule has 4 rings (SSSR count). The lowest BCUT2D eigenvalue weighted by molar-refractivity contribution is 0.419. The van der Waals surface area contributed by atoms with E-state index in [-0.39, 0.29) is 0 Å². The average Bonchev–Trinajstić information content (AvgIpc) is 2.74. The van der Waals surface area contributed by atoms with E-state index in [1.165, 1.54) is 36.0 Å². The molecule has 0 nitrogen and oxygen atoms in total. The number of benzene rings is 3. The van der Waals surface area contributed by atoms with E-state index in [0.29, 0.717) is 5.92 Å². The number of hydrogen-bond acceptors (Lipinski definition) is 0. The normalized spacial score (nSPS) is 12.3. The van der Waals surface area contributed by atoms with Gasteiger partial charge in [-0.05, 0) is 80.6 Å². The fourth-order valence-corrected chi connectivity index (χ4v) is 3.37. The van der Waals surface area contributed by atoms with Gasteiger partial charge >= 0.3 is 0 Å². The van der Waals surface area contributed by atoms with Gasteiger partial charge in [-0.2, -0.15) is 0 Å². The summed E-state index contributed by atoms with van der Waals surface area (Å²) in [6.07, 6.45) is 3.83. The number of rotatable bonds is 1. The highest BCUT2D eigenvalue weighted by atomic mass is 14.3. The van der Waals surface area contributed by atoms with Crippen LogP contribution in [-0.2, 0) is 0 Å². The van der Waals surface area contributed by atoms with Crippen molar-refractivity contribution in [3.05, 3.63) is 106 Å². The molecule has 0 N–H and O–H groups in total. The minimum absolute atomic E-state index is 0.628. The molecule has 1 aliphatic carbocycles. The molecule has 150 valence electrons. The van der Waals surface area contributed by atoms with E-state index in [1.54, 1.807) is 0 Å². The first-order valence-corrected chi connectivity index (χ1v) is 11.0. The molecule has 0 saturated heterocycles. The second-order valence-corrected chi connectivity index (χ2v) is 7.66. The van der Waals surface area contributed by atoms with Gasteiger partial charge in [-0.15, -0.1) is 0 Å². The molecule has 0 aromatic heterocycles. The SMILES string of the molecule is CC.Cc1ccc(C#Cc2ccc(C#Cc3ccc(C)cc3)c(C3CCC3)c2)cc1. The lowest BCUT2D eigenvalue weighted by atomic mass is 9.78. The Hall–Kier alpha value is -3.22. The molecule has 0 amide bonds. The van der Waals surface area contributed by atoms with E-state index in [0.717, 1.165) is 22.3 Å². The van der Waals surface area contributed by atoms with Crippen molar-refractivity contribution in [2.45, 2.75) is 52.9 Å². The third-order valence-electron chi connectivity index (χ3n) is 5.39. The molecule has 1 saturated carbocycles. The smallest absolute Gasteiger partial charge is 0.0284 e. The van der Waals surface area contributed by atoms with Crippen molar-refractivity contribution in [1.29, 1.82) is 0 Å². The van der Waals surface area contributed by atoms with Gasteiger partial charge in [0.1, 0.15) is 0 Å². The standard InChI is InChI=1S/C28H24.C2H6/c1-21-6-10-23(11-7-21)14-15-25-17-19-27(28(20-25)26-4-3-5-26)18-16-24-12-8-22(2)9-13-24;1-2/h6-13,17,19-20,26H,3-5H2,1-2H3;1-2H3. The van der Waals surface area contributed by atoms with Crippen LogP contribution in [0, 0.1) is 37.5 Å². The average molecular weight is 391 g/mol. The molecule has 3 aromatic rings. The van der Waals surface area contributed by atoms with Gasteiger partial charge < -0.3 is 0 Å². The first kappa shape index (κ1) is 21.5. The maximum Gasteiger partial charge on any atom is 0.0284 e. The Labute approximate surface area is 182 Å². The van der Waals surface area contributed by atoms with Gasteiger partial charge in [0.2, 0.25) is 0 Å². The summed E-state index contributed by atoms with van der Waals surface area (Å²) in [6, 6.07) is 23.3. The highest BCUT2D eigenvalue weighted by Crippen LogP contribution is 2.38. The summed E-state index contributed by atoms with van der Waals surface area (Å²) in [4.78, 5) is 0. The molecule has 30 heavy (non-hydrogen) atoms. The Morgan fingerprint density at radius 3 is 1.57 bits per heavy atom. The Bertz CT molecular complexity index is 1090. The molecule has 0 heteroatoms. The summed E-state index contributed by atoms with van der Waals surface area (Å²) in [5.41, 5.74) is 8.22. The lowest BCUT2D eigenvalue weighted by Crippen LogP contribution is -2.10. The van der Waals surface area contributed by atoms with E-state index < -0.39 is 0 Å². The Morgan fingerprint density at radius 2 is 1.07 bits per heavy atom. The summed E-state index contributed by atoms with van der Waals surface area (Å²) >= 11 is 0. The highest BCUT2D eigenvalue weighted by Gasteiger charge is 2.21. The molecule has 0 spiro atoms. The summed E-state index contributed by atoms with van der Waals surface area (Å²) < 4.78 is 0. The fourth-order valence-electron chi connectivity index (χ4n) is 3.37. The van der Waals surface area contributed by atoms with Crippen LogP contribution in [0.1, 0.15) is 78.0 Å². The monoisotopic (exact) mass is 390 g/mol. The summed E-state index contributed by atoms with van der Waals surface area (Å²) in [5, 5.41) is 0. The van der Waals surface area contributed by atoms with Crippen LogP contribution in [0.4, 0.5) is 0 Å². The van der Waals surface area contributed by atoms with Crippen molar-refractivity contribution in [2.75, 3.05) is 0 Å². The summed E-state index contributed by atoms with van der Waals surface area (Å²) in [6.45, 7) is 8.20. The topological polar surface area (TPSA) is 0 Å². The van der Waals surface area contributed by atoms with Gasteiger partial charge in [-0.3, -0.25) is 0 Å². The zero-order chi connectivity index (χ0) is 21.3. The van der Waals surface area contributed by atoms with E-state index >= 15 is 0 Å². The van der Waals surface area contributed by atoms with Gasteiger partial charge in [0.25, 0.3) is 0 Å². The first-order valence-electron chi connectivity index (χ1n) is 11.0. The van der Waals surface area contributed by atoms with Crippen LogP contribution in [0.2, 0.25) is 0 Å². The van der Waals surface area contributed by atoms with Crippen LogP contribution in [0.5, 0.6) is 0 Å². The predicted octanol–water partition coefficient (Wildman–Crippen LogP) is 7.40. The van der Waals surface area contributed by atoms with Crippen LogP contribution in [0.15, 0.2) is 66.7 Å². The predicted molar refractivity (Wildman–Crippen MR) is 129 cm³/mol. The van der Waals surface area contributed by atoms with Gasteiger partial charge in [-0.1, -0.05) is 79.3 Å². The molecule has 1 fully saturated rings. The van der Waals surface area contributed by atoms with E-state index in [2.05, 4.69) is 104 Å². The van der Waals surface area contributed by atoms with Crippen LogP contribution < -0.4 is 0 Å². The molecule has 3 aromatic carbocycles. The highest BCUT2D eigenvalue weighted by molar-refractivity contribution is 5.53. The minimum Gasteiger partial charge on any atom is -0.0683 e. The van der Waals surface area contributed by atoms with Gasteiger partial charge in [0, 0.05) is 22.3 Å². The van der Waals surface area contributed by atoms with Crippen LogP contribution in [0.3, 0.4) is 0 Å². The van der Waals surface area contributed by atoms with Gasteiger partial charge in [0.05, 0.1) is 0 Å². The molecular formula is C30H30. The summed E-state index contributed by atoms with van der Waals surface area (Å²) in [7, 11) is 0. The van der Waals surface area contributed by atoms with Crippen molar-refractivity contribution in [1.82, 2.24) is 0 Å².